The highest BCUT2D eigenvalue weighted by molar-refractivity contribution is 6.00. The van der Waals surface area contributed by atoms with Crippen LogP contribution in [0.1, 0.15) is 15.9 Å². The van der Waals surface area contributed by atoms with E-state index in [2.05, 4.69) is 10.4 Å². The molecule has 1 aromatic heterocycles. The van der Waals surface area contributed by atoms with E-state index in [1.165, 1.54) is 18.2 Å². The first kappa shape index (κ1) is 14.5. The minimum absolute atomic E-state index is 0.0321. The maximum atomic E-state index is 12.0. The van der Waals surface area contributed by atoms with Crippen LogP contribution >= 0.6 is 0 Å². The zero-order chi connectivity index (χ0) is 15.4. The van der Waals surface area contributed by atoms with Gasteiger partial charge < -0.3 is 11.1 Å². The molecule has 1 aromatic carbocycles. The number of rotatable bonds is 5. The number of nitrogen functional groups attached to an aromatic ring is 1. The van der Waals surface area contributed by atoms with E-state index in [0.29, 0.717) is 13.1 Å². The summed E-state index contributed by atoms with van der Waals surface area (Å²) in [6.45, 7) is 2.71. The number of amides is 1. The van der Waals surface area contributed by atoms with Crippen LogP contribution in [-0.4, -0.2) is 27.2 Å². The summed E-state index contributed by atoms with van der Waals surface area (Å²) in [5.74, 6) is -0.530. The van der Waals surface area contributed by atoms with Crippen LogP contribution < -0.4 is 11.1 Å². The van der Waals surface area contributed by atoms with Gasteiger partial charge in [-0.15, -0.1) is 0 Å². The van der Waals surface area contributed by atoms with E-state index < -0.39 is 10.8 Å². The third-order valence-electron chi connectivity index (χ3n) is 2.88. The van der Waals surface area contributed by atoms with Crippen molar-refractivity contribution in [1.82, 2.24) is 15.1 Å². The van der Waals surface area contributed by atoms with Gasteiger partial charge in [-0.25, -0.2) is 0 Å². The summed E-state index contributed by atoms with van der Waals surface area (Å²) in [4.78, 5) is 22.3. The summed E-state index contributed by atoms with van der Waals surface area (Å²) in [6, 6.07) is 4.28. The molecule has 2 rings (SSSR count). The molecule has 1 amide bonds. The Morgan fingerprint density at radius 3 is 2.90 bits per heavy atom. The van der Waals surface area contributed by atoms with Gasteiger partial charge in [0.15, 0.2) is 0 Å². The van der Waals surface area contributed by atoms with E-state index in [-0.39, 0.29) is 16.9 Å². The minimum Gasteiger partial charge on any atom is -0.393 e. The molecule has 1 heterocycles. The Balaban J connectivity index is 2.04. The smallest absolute Gasteiger partial charge is 0.304 e. The third kappa shape index (κ3) is 3.35. The van der Waals surface area contributed by atoms with Crippen LogP contribution in [0.25, 0.3) is 0 Å². The average molecular weight is 289 g/mol. The first-order chi connectivity index (χ1) is 9.99. The molecular weight excluding hydrogens is 274 g/mol. The number of carbonyl (C=O) groups excluding carboxylic acids is 1. The Bertz CT molecular complexity index is 680. The van der Waals surface area contributed by atoms with Gasteiger partial charge in [0.05, 0.1) is 17.7 Å². The molecule has 0 radical (unpaired) electrons. The molecular formula is C13H15N5O3. The summed E-state index contributed by atoms with van der Waals surface area (Å²) in [5, 5.41) is 17.7. The maximum Gasteiger partial charge on any atom is 0.304 e. The zero-order valence-corrected chi connectivity index (χ0v) is 11.4. The topological polar surface area (TPSA) is 116 Å². The van der Waals surface area contributed by atoms with Gasteiger partial charge in [0.1, 0.15) is 11.3 Å². The largest absolute Gasteiger partial charge is 0.393 e. The number of hydrogen-bond acceptors (Lipinski definition) is 5. The standard InChI is InChI=1S/C13H15N5O3/c1-9-7-16-17(8-9)6-5-15-13(19)10-3-2-4-11(14)12(10)18(20)21/h2-4,7-8H,5-6,14H2,1H3,(H,15,19). The van der Waals surface area contributed by atoms with Crippen molar-refractivity contribution in [3.05, 3.63) is 51.8 Å². The van der Waals surface area contributed by atoms with Crippen LogP contribution in [0, 0.1) is 17.0 Å². The molecule has 21 heavy (non-hydrogen) atoms. The molecule has 0 saturated carbocycles. The van der Waals surface area contributed by atoms with Gasteiger partial charge in [0.2, 0.25) is 0 Å². The Morgan fingerprint density at radius 1 is 1.52 bits per heavy atom. The van der Waals surface area contributed by atoms with Crippen LogP contribution in [0.5, 0.6) is 0 Å². The molecule has 8 nitrogen and oxygen atoms in total. The van der Waals surface area contributed by atoms with Crippen molar-refractivity contribution in [3.63, 3.8) is 0 Å². The van der Waals surface area contributed by atoms with Gasteiger partial charge >= 0.3 is 5.69 Å². The van der Waals surface area contributed by atoms with Gasteiger partial charge in [-0.3, -0.25) is 19.6 Å². The normalized spacial score (nSPS) is 10.3. The van der Waals surface area contributed by atoms with Crippen molar-refractivity contribution in [2.75, 3.05) is 12.3 Å². The van der Waals surface area contributed by atoms with Crippen molar-refractivity contribution in [1.29, 1.82) is 0 Å². The Labute approximate surface area is 120 Å². The zero-order valence-electron chi connectivity index (χ0n) is 11.4. The number of aromatic nitrogens is 2. The number of para-hydroxylation sites is 1. The van der Waals surface area contributed by atoms with Crippen LogP contribution in [-0.2, 0) is 6.54 Å². The van der Waals surface area contributed by atoms with Gasteiger partial charge in [-0.1, -0.05) is 6.07 Å². The van der Waals surface area contributed by atoms with Crippen molar-refractivity contribution in [2.45, 2.75) is 13.5 Å². The first-order valence-corrected chi connectivity index (χ1v) is 6.29. The lowest BCUT2D eigenvalue weighted by Gasteiger charge is -2.07. The molecule has 0 fully saturated rings. The van der Waals surface area contributed by atoms with E-state index >= 15 is 0 Å². The molecule has 8 heteroatoms. The molecule has 0 unspecified atom stereocenters. The lowest BCUT2D eigenvalue weighted by molar-refractivity contribution is -0.384. The van der Waals surface area contributed by atoms with Crippen LogP contribution in [0.4, 0.5) is 11.4 Å². The molecule has 0 aliphatic rings. The Kier molecular flexibility index (Phi) is 4.17. The van der Waals surface area contributed by atoms with Crippen LogP contribution in [0.2, 0.25) is 0 Å². The summed E-state index contributed by atoms with van der Waals surface area (Å²) < 4.78 is 1.68. The molecule has 2 aromatic rings. The number of nitro benzene ring substituents is 1. The van der Waals surface area contributed by atoms with Gasteiger partial charge in [-0.2, -0.15) is 5.10 Å². The van der Waals surface area contributed by atoms with Crippen molar-refractivity contribution < 1.29 is 9.72 Å². The second kappa shape index (κ2) is 6.04. The quantitative estimate of drug-likeness (QED) is 0.486. The Morgan fingerprint density at radius 2 is 2.29 bits per heavy atom. The minimum atomic E-state index is -0.652. The number of nitrogens with one attached hydrogen (secondary N) is 1. The fraction of sp³-hybridized carbons (Fsp3) is 0.231. The molecule has 3 N–H and O–H groups in total. The summed E-state index contributed by atoms with van der Waals surface area (Å²) in [7, 11) is 0. The highest BCUT2D eigenvalue weighted by Gasteiger charge is 2.22. The monoisotopic (exact) mass is 289 g/mol. The van der Waals surface area contributed by atoms with Gasteiger partial charge in [0, 0.05) is 12.7 Å². The maximum absolute atomic E-state index is 12.0. The predicted molar refractivity (Wildman–Crippen MR) is 76.8 cm³/mol. The molecule has 0 atom stereocenters. The first-order valence-electron chi connectivity index (χ1n) is 6.29. The molecule has 0 saturated heterocycles. The van der Waals surface area contributed by atoms with Crippen LogP contribution in [0.3, 0.4) is 0 Å². The SMILES string of the molecule is Cc1cnn(CCNC(=O)c2cccc(N)c2[N+](=O)[O-])c1. The number of nitrogens with zero attached hydrogens (tertiary/aromatic N) is 3. The second-order valence-electron chi connectivity index (χ2n) is 4.54. The van der Waals surface area contributed by atoms with Gasteiger partial charge in [-0.05, 0) is 24.6 Å². The number of benzene rings is 1. The van der Waals surface area contributed by atoms with E-state index in [0.717, 1.165) is 5.56 Å². The van der Waals surface area contributed by atoms with Gasteiger partial charge in [0.25, 0.3) is 5.91 Å². The third-order valence-corrected chi connectivity index (χ3v) is 2.88. The molecule has 0 spiro atoms. The fourth-order valence-electron chi connectivity index (χ4n) is 1.92. The number of carbonyl (C=O) groups is 1. The van der Waals surface area contributed by atoms with Crippen molar-refractivity contribution in [2.24, 2.45) is 0 Å². The highest BCUT2D eigenvalue weighted by Crippen LogP contribution is 2.25. The molecule has 0 bridgehead atoms. The molecule has 110 valence electrons. The average Bonchev–Trinajstić information content (AvgIpc) is 2.83. The lowest BCUT2D eigenvalue weighted by atomic mass is 10.1. The molecule has 0 aliphatic heterocycles. The van der Waals surface area contributed by atoms with E-state index in [1.54, 1.807) is 10.9 Å². The number of aryl methyl sites for hydroxylation is 1. The van der Waals surface area contributed by atoms with Crippen molar-refractivity contribution >= 4 is 17.3 Å². The molecule has 0 aliphatic carbocycles. The highest BCUT2D eigenvalue weighted by atomic mass is 16.6. The summed E-state index contributed by atoms with van der Waals surface area (Å²) >= 11 is 0. The lowest BCUT2D eigenvalue weighted by Crippen LogP contribution is -2.28. The predicted octanol–water partition coefficient (Wildman–Crippen LogP) is 1.11. The van der Waals surface area contributed by atoms with Crippen LogP contribution in [0.15, 0.2) is 30.6 Å². The second-order valence-corrected chi connectivity index (χ2v) is 4.54. The number of hydrogen-bond donors (Lipinski definition) is 2. The summed E-state index contributed by atoms with van der Waals surface area (Å²) in [6.07, 6.45) is 3.56. The number of nitro groups is 1. The number of nitrogens with two attached hydrogens (primary N) is 1. The Hall–Kier alpha value is -2.90. The van der Waals surface area contributed by atoms with Crippen molar-refractivity contribution in [3.8, 4) is 0 Å². The van der Waals surface area contributed by atoms with E-state index in [4.69, 9.17) is 5.73 Å². The summed E-state index contributed by atoms with van der Waals surface area (Å²) in [5.41, 5.74) is 6.12. The fourth-order valence-corrected chi connectivity index (χ4v) is 1.92. The van der Waals surface area contributed by atoms with E-state index in [1.807, 2.05) is 13.1 Å². The van der Waals surface area contributed by atoms with E-state index in [9.17, 15) is 14.9 Å². The number of anilines is 1.